The number of pyridine rings is 1. The molecular weight excluding hydrogens is 278 g/mol. The maximum Gasteiger partial charge on any atom is 0.335 e. The van der Waals surface area contributed by atoms with Crippen LogP contribution in [0.3, 0.4) is 0 Å². The van der Waals surface area contributed by atoms with Crippen LogP contribution in [0.2, 0.25) is 0 Å². The number of carboxylic acid groups (broad SMARTS) is 1. The second-order valence-corrected chi connectivity index (χ2v) is 6.42. The van der Waals surface area contributed by atoms with Gasteiger partial charge in [-0.2, -0.15) is 0 Å². The molecule has 0 saturated heterocycles. The number of aromatic nitrogens is 1. The van der Waals surface area contributed by atoms with Crippen LogP contribution in [0.5, 0.6) is 0 Å². The highest BCUT2D eigenvalue weighted by atomic mass is 32.2. The average molecular weight is 297 g/mol. The van der Waals surface area contributed by atoms with E-state index < -0.39 is 5.97 Å². The van der Waals surface area contributed by atoms with Crippen LogP contribution in [0.15, 0.2) is 17.2 Å². The molecule has 0 fully saturated rings. The molecule has 6 heteroatoms. The number of carbonyl (C=O) groups excluding carboxylic acids is 1. The summed E-state index contributed by atoms with van der Waals surface area (Å²) in [6.45, 7) is 5.93. The molecular formula is C14H19NO4S. The number of hydrogen-bond donors (Lipinski definition) is 1. The summed E-state index contributed by atoms with van der Waals surface area (Å²) < 4.78 is 4.56. The lowest BCUT2D eigenvalue weighted by atomic mass is 9.91. The number of nitrogens with zero attached hydrogens (tertiary/aromatic N) is 1. The largest absolute Gasteiger partial charge is 0.478 e. The molecule has 0 aliphatic rings. The van der Waals surface area contributed by atoms with Gasteiger partial charge in [0.1, 0.15) is 0 Å². The van der Waals surface area contributed by atoms with Crippen molar-refractivity contribution in [3.05, 3.63) is 23.4 Å². The van der Waals surface area contributed by atoms with E-state index in [-0.39, 0.29) is 23.4 Å². The summed E-state index contributed by atoms with van der Waals surface area (Å²) in [5.74, 6) is -0.762. The van der Waals surface area contributed by atoms with E-state index in [9.17, 15) is 9.59 Å². The van der Waals surface area contributed by atoms with Gasteiger partial charge < -0.3 is 9.84 Å². The highest BCUT2D eigenvalue weighted by Gasteiger charge is 2.19. The molecule has 110 valence electrons. The number of ether oxygens (including phenoxy) is 1. The number of aromatic carboxylic acids is 1. The molecule has 0 amide bonds. The smallest absolute Gasteiger partial charge is 0.335 e. The van der Waals surface area contributed by atoms with E-state index in [4.69, 9.17) is 5.11 Å². The van der Waals surface area contributed by atoms with Crippen molar-refractivity contribution in [2.45, 2.75) is 37.6 Å². The SMILES string of the molecule is COC(=O)CCSc1cc(C(=O)O)cc(C(C)(C)C)n1. The van der Waals surface area contributed by atoms with Gasteiger partial charge in [0.25, 0.3) is 0 Å². The Morgan fingerprint density at radius 1 is 1.35 bits per heavy atom. The first-order chi connectivity index (χ1) is 9.24. The van der Waals surface area contributed by atoms with Crippen LogP contribution >= 0.6 is 11.8 Å². The molecule has 0 spiro atoms. The topological polar surface area (TPSA) is 76.5 Å². The Bertz CT molecular complexity index is 508. The number of carbonyl (C=O) groups is 2. The van der Waals surface area contributed by atoms with Gasteiger partial charge in [-0.1, -0.05) is 20.8 Å². The molecule has 0 radical (unpaired) electrons. The highest BCUT2D eigenvalue weighted by molar-refractivity contribution is 7.99. The van der Waals surface area contributed by atoms with Gasteiger partial charge in [-0.05, 0) is 12.1 Å². The van der Waals surface area contributed by atoms with Crippen LogP contribution in [0.1, 0.15) is 43.2 Å². The molecule has 5 nitrogen and oxygen atoms in total. The lowest BCUT2D eigenvalue weighted by Crippen LogP contribution is -2.15. The molecule has 0 aromatic carbocycles. The Hall–Kier alpha value is -1.56. The zero-order valence-corrected chi connectivity index (χ0v) is 12.9. The van der Waals surface area contributed by atoms with E-state index in [1.807, 2.05) is 20.8 Å². The van der Waals surface area contributed by atoms with Crippen molar-refractivity contribution < 1.29 is 19.4 Å². The third-order valence-electron chi connectivity index (χ3n) is 2.60. The Balaban J connectivity index is 2.92. The Morgan fingerprint density at radius 3 is 2.50 bits per heavy atom. The first-order valence-corrected chi connectivity index (χ1v) is 7.18. The average Bonchev–Trinajstić information content (AvgIpc) is 2.37. The summed E-state index contributed by atoms with van der Waals surface area (Å²) in [6.07, 6.45) is 0.269. The summed E-state index contributed by atoms with van der Waals surface area (Å²) in [7, 11) is 1.34. The molecule has 0 aliphatic carbocycles. The second-order valence-electron chi connectivity index (χ2n) is 5.31. The van der Waals surface area contributed by atoms with E-state index in [2.05, 4.69) is 9.72 Å². The monoisotopic (exact) mass is 297 g/mol. The molecule has 20 heavy (non-hydrogen) atoms. The van der Waals surface area contributed by atoms with Crippen molar-refractivity contribution in [1.29, 1.82) is 0 Å². The highest BCUT2D eigenvalue weighted by Crippen LogP contribution is 2.26. The van der Waals surface area contributed by atoms with Crippen LogP contribution in [0.4, 0.5) is 0 Å². The fraction of sp³-hybridized carbons (Fsp3) is 0.500. The number of methoxy groups -OCH3 is 1. The fourth-order valence-electron chi connectivity index (χ4n) is 1.43. The number of carboxylic acids is 1. The maximum atomic E-state index is 11.1. The van der Waals surface area contributed by atoms with Crippen LogP contribution < -0.4 is 0 Å². The second kappa shape index (κ2) is 6.74. The van der Waals surface area contributed by atoms with E-state index in [1.54, 1.807) is 6.07 Å². The molecule has 1 aromatic rings. The molecule has 0 unspecified atom stereocenters. The third-order valence-corrected chi connectivity index (χ3v) is 3.51. The molecule has 1 N–H and O–H groups in total. The van der Waals surface area contributed by atoms with Crippen molar-refractivity contribution >= 4 is 23.7 Å². The minimum absolute atomic E-state index is 0.213. The molecule has 0 bridgehead atoms. The van der Waals surface area contributed by atoms with Crippen LogP contribution in [0.25, 0.3) is 0 Å². The molecule has 0 atom stereocenters. The van der Waals surface area contributed by atoms with Gasteiger partial charge in [0.2, 0.25) is 0 Å². The predicted octanol–water partition coefficient (Wildman–Crippen LogP) is 2.73. The van der Waals surface area contributed by atoms with E-state index in [0.29, 0.717) is 10.8 Å². The fourth-order valence-corrected chi connectivity index (χ4v) is 2.28. The van der Waals surface area contributed by atoms with Crippen LogP contribution in [-0.2, 0) is 14.9 Å². The Kier molecular flexibility index (Phi) is 5.56. The van der Waals surface area contributed by atoms with Crippen molar-refractivity contribution in [2.24, 2.45) is 0 Å². The van der Waals surface area contributed by atoms with Crippen molar-refractivity contribution in [3.8, 4) is 0 Å². The minimum Gasteiger partial charge on any atom is -0.478 e. The van der Waals surface area contributed by atoms with Crippen LogP contribution in [-0.4, -0.2) is 34.9 Å². The van der Waals surface area contributed by atoms with Gasteiger partial charge in [0.05, 0.1) is 24.1 Å². The van der Waals surface area contributed by atoms with Crippen LogP contribution in [0, 0.1) is 0 Å². The molecule has 0 saturated carbocycles. The van der Waals surface area contributed by atoms with Crippen molar-refractivity contribution in [1.82, 2.24) is 4.98 Å². The summed E-state index contributed by atoms with van der Waals surface area (Å²) in [5, 5.41) is 9.75. The molecule has 0 aliphatic heterocycles. The standard InChI is InChI=1S/C14H19NO4S/c1-14(2,3)10-7-9(13(17)18)8-11(15-10)20-6-5-12(16)19-4/h7-8H,5-6H2,1-4H3,(H,17,18). The van der Waals surface area contributed by atoms with Gasteiger partial charge in [-0.25, -0.2) is 9.78 Å². The zero-order chi connectivity index (χ0) is 15.3. The van der Waals surface area contributed by atoms with E-state index in [0.717, 1.165) is 5.69 Å². The molecule has 1 rings (SSSR count). The van der Waals surface area contributed by atoms with Gasteiger partial charge in [-0.15, -0.1) is 11.8 Å². The lowest BCUT2D eigenvalue weighted by molar-refractivity contribution is -0.140. The van der Waals surface area contributed by atoms with Crippen molar-refractivity contribution in [2.75, 3.05) is 12.9 Å². The van der Waals surface area contributed by atoms with Gasteiger partial charge >= 0.3 is 11.9 Å². The predicted molar refractivity (Wildman–Crippen MR) is 77.3 cm³/mol. The third kappa shape index (κ3) is 4.85. The number of rotatable bonds is 5. The number of esters is 1. The van der Waals surface area contributed by atoms with Gasteiger partial charge in [0, 0.05) is 16.9 Å². The number of thioether (sulfide) groups is 1. The van der Waals surface area contributed by atoms with Gasteiger partial charge in [-0.3, -0.25) is 4.79 Å². The molecule has 1 heterocycles. The summed E-state index contributed by atoms with van der Waals surface area (Å²) in [4.78, 5) is 26.7. The summed E-state index contributed by atoms with van der Waals surface area (Å²) in [5.41, 5.74) is 0.701. The quantitative estimate of drug-likeness (QED) is 0.665. The summed E-state index contributed by atoms with van der Waals surface area (Å²) in [6, 6.07) is 3.12. The normalized spacial score (nSPS) is 11.2. The Labute approximate surface area is 122 Å². The summed E-state index contributed by atoms with van der Waals surface area (Å²) >= 11 is 1.35. The van der Waals surface area contributed by atoms with Gasteiger partial charge in [0.15, 0.2) is 0 Å². The molecule has 1 aromatic heterocycles. The number of hydrogen-bond acceptors (Lipinski definition) is 5. The Morgan fingerprint density at radius 2 is 2.00 bits per heavy atom. The van der Waals surface area contributed by atoms with Crippen molar-refractivity contribution in [3.63, 3.8) is 0 Å². The first-order valence-electron chi connectivity index (χ1n) is 6.19. The maximum absolute atomic E-state index is 11.1. The van der Waals surface area contributed by atoms with E-state index >= 15 is 0 Å². The zero-order valence-electron chi connectivity index (χ0n) is 12.1. The lowest BCUT2D eigenvalue weighted by Gasteiger charge is -2.19. The first kappa shape index (κ1) is 16.5. The van der Waals surface area contributed by atoms with E-state index in [1.165, 1.54) is 24.9 Å². The minimum atomic E-state index is -0.979.